The van der Waals surface area contributed by atoms with E-state index >= 15 is 0 Å². The maximum Gasteiger partial charge on any atom is 0.162 e. The summed E-state index contributed by atoms with van der Waals surface area (Å²) >= 11 is 1.23. The minimum atomic E-state index is -0.655. The van der Waals surface area contributed by atoms with E-state index in [1.165, 1.54) is 25.6 Å². The van der Waals surface area contributed by atoms with Gasteiger partial charge >= 0.3 is 0 Å². The van der Waals surface area contributed by atoms with E-state index in [0.29, 0.717) is 12.0 Å². The van der Waals surface area contributed by atoms with Gasteiger partial charge in [0.1, 0.15) is 5.25 Å². The van der Waals surface area contributed by atoms with Crippen LogP contribution in [0, 0.1) is 0 Å². The molecule has 1 rings (SSSR count). The van der Waals surface area contributed by atoms with Crippen molar-refractivity contribution in [1.82, 2.24) is 0 Å². The van der Waals surface area contributed by atoms with Gasteiger partial charge in [0.05, 0.1) is 0 Å². The Kier molecular flexibility index (Phi) is 5.96. The third-order valence-corrected chi connectivity index (χ3v) is 4.09. The molecule has 0 heterocycles. The second-order valence-corrected chi connectivity index (χ2v) is 5.60. The normalized spacial score (nSPS) is 10.5. The van der Waals surface area contributed by atoms with Crippen LogP contribution in [-0.2, 0) is 9.59 Å². The maximum atomic E-state index is 11.7. The van der Waals surface area contributed by atoms with Crippen molar-refractivity contribution < 1.29 is 14.4 Å². The number of hydrogen-bond acceptors (Lipinski definition) is 4. The van der Waals surface area contributed by atoms with Crippen LogP contribution < -0.4 is 0 Å². The zero-order chi connectivity index (χ0) is 14.4. The third-order valence-electron chi connectivity index (χ3n) is 2.65. The minimum Gasteiger partial charge on any atom is -0.298 e. The van der Waals surface area contributed by atoms with Gasteiger partial charge in [-0.1, -0.05) is 19.1 Å². The van der Waals surface area contributed by atoms with E-state index in [-0.39, 0.29) is 17.3 Å². The molecule has 0 N–H and O–H groups in total. The highest BCUT2D eigenvalue weighted by Gasteiger charge is 2.20. The van der Waals surface area contributed by atoms with Gasteiger partial charge in [0.15, 0.2) is 17.3 Å². The second-order valence-electron chi connectivity index (χ2n) is 4.42. The highest BCUT2D eigenvalue weighted by Crippen LogP contribution is 2.25. The molecule has 0 atom stereocenters. The zero-order valence-corrected chi connectivity index (χ0v) is 12.3. The van der Waals surface area contributed by atoms with Gasteiger partial charge in [-0.25, -0.2) is 0 Å². The van der Waals surface area contributed by atoms with Crippen LogP contribution in [0.1, 0.15) is 44.0 Å². The lowest BCUT2D eigenvalue weighted by Crippen LogP contribution is -2.21. The first-order chi connectivity index (χ1) is 8.95. The molecule has 3 nitrogen and oxygen atoms in total. The molecule has 0 bridgehead atoms. The molecule has 19 heavy (non-hydrogen) atoms. The Morgan fingerprint density at radius 1 is 1.05 bits per heavy atom. The molecular weight excluding hydrogens is 260 g/mol. The molecule has 0 spiro atoms. The molecule has 0 aliphatic heterocycles. The monoisotopic (exact) mass is 278 g/mol. The lowest BCUT2D eigenvalue weighted by Gasteiger charge is -2.10. The molecule has 4 heteroatoms. The molecule has 102 valence electrons. The summed E-state index contributed by atoms with van der Waals surface area (Å²) in [7, 11) is 0. The number of thioether (sulfide) groups is 1. The van der Waals surface area contributed by atoms with E-state index in [1.54, 1.807) is 24.3 Å². The van der Waals surface area contributed by atoms with E-state index in [0.717, 1.165) is 11.3 Å². The van der Waals surface area contributed by atoms with E-state index in [9.17, 15) is 14.4 Å². The van der Waals surface area contributed by atoms with Crippen LogP contribution in [0.2, 0.25) is 0 Å². The van der Waals surface area contributed by atoms with E-state index in [1.807, 2.05) is 6.92 Å². The average molecular weight is 278 g/mol. The Hall–Kier alpha value is -1.42. The van der Waals surface area contributed by atoms with Crippen LogP contribution in [0.3, 0.4) is 0 Å². The lowest BCUT2D eigenvalue weighted by molar-refractivity contribution is -0.123. The van der Waals surface area contributed by atoms with Gasteiger partial charge in [-0.3, -0.25) is 14.4 Å². The second kappa shape index (κ2) is 7.24. The Labute approximate surface area is 117 Å². The first-order valence-electron chi connectivity index (χ1n) is 6.26. The van der Waals surface area contributed by atoms with Crippen LogP contribution in [0.4, 0.5) is 0 Å². The predicted molar refractivity (Wildman–Crippen MR) is 76.7 cm³/mol. The fourth-order valence-corrected chi connectivity index (χ4v) is 2.58. The molecule has 0 aliphatic rings. The van der Waals surface area contributed by atoms with Crippen LogP contribution in [0.15, 0.2) is 29.2 Å². The summed E-state index contributed by atoms with van der Waals surface area (Å²) in [6, 6.07) is 7.06. The van der Waals surface area contributed by atoms with E-state index in [2.05, 4.69) is 0 Å². The molecule has 0 amide bonds. The summed E-state index contributed by atoms with van der Waals surface area (Å²) < 4.78 is 0. The molecule has 0 saturated carbocycles. The average Bonchev–Trinajstić information content (AvgIpc) is 2.36. The van der Waals surface area contributed by atoms with Gasteiger partial charge in [0.2, 0.25) is 0 Å². The van der Waals surface area contributed by atoms with Crippen molar-refractivity contribution in [3.05, 3.63) is 29.8 Å². The van der Waals surface area contributed by atoms with Crippen molar-refractivity contribution in [2.24, 2.45) is 0 Å². The quantitative estimate of drug-likeness (QED) is 0.436. The molecule has 1 aromatic carbocycles. The molecule has 0 fully saturated rings. The largest absolute Gasteiger partial charge is 0.298 e. The summed E-state index contributed by atoms with van der Waals surface area (Å²) in [6.07, 6.45) is 1.36. The first kappa shape index (κ1) is 15.6. The predicted octanol–water partition coefficient (Wildman–Crippen LogP) is 3.31. The van der Waals surface area contributed by atoms with Gasteiger partial charge in [-0.2, -0.15) is 0 Å². The van der Waals surface area contributed by atoms with Gasteiger partial charge < -0.3 is 0 Å². The standard InChI is InChI=1S/C15H18O3S/c1-4-5-14(18)12-6-8-13(9-7-12)19-15(10(2)16)11(3)17/h6-9,15H,4-5H2,1-3H3. The Balaban J connectivity index is 2.79. The minimum absolute atomic E-state index is 0.119. The smallest absolute Gasteiger partial charge is 0.162 e. The van der Waals surface area contributed by atoms with Crippen molar-refractivity contribution >= 4 is 29.1 Å². The number of benzene rings is 1. The van der Waals surface area contributed by atoms with Crippen molar-refractivity contribution in [3.8, 4) is 0 Å². The van der Waals surface area contributed by atoms with Crippen LogP contribution in [-0.4, -0.2) is 22.6 Å². The van der Waals surface area contributed by atoms with E-state index in [4.69, 9.17) is 0 Å². The molecule has 0 radical (unpaired) electrons. The number of hydrogen-bond donors (Lipinski definition) is 0. The van der Waals surface area contributed by atoms with Crippen molar-refractivity contribution in [2.45, 2.75) is 43.8 Å². The first-order valence-corrected chi connectivity index (χ1v) is 7.14. The number of Topliss-reactive ketones (excluding diaryl/α,β-unsaturated/α-hetero) is 3. The van der Waals surface area contributed by atoms with Gasteiger partial charge in [-0.15, -0.1) is 11.8 Å². The zero-order valence-electron chi connectivity index (χ0n) is 11.4. The maximum absolute atomic E-state index is 11.7. The lowest BCUT2D eigenvalue weighted by atomic mass is 10.1. The number of rotatable bonds is 7. The van der Waals surface area contributed by atoms with Crippen LogP contribution >= 0.6 is 11.8 Å². The topological polar surface area (TPSA) is 51.2 Å². The molecule has 0 saturated heterocycles. The highest BCUT2D eigenvalue weighted by atomic mass is 32.2. The molecular formula is C15H18O3S. The van der Waals surface area contributed by atoms with Gasteiger partial charge in [-0.05, 0) is 32.4 Å². The highest BCUT2D eigenvalue weighted by molar-refractivity contribution is 8.01. The van der Waals surface area contributed by atoms with Gasteiger partial charge in [0, 0.05) is 16.9 Å². The Morgan fingerprint density at radius 3 is 2.00 bits per heavy atom. The number of carbonyl (C=O) groups is 3. The summed E-state index contributed by atoms with van der Waals surface area (Å²) in [5.41, 5.74) is 0.674. The Bertz CT molecular complexity index is 463. The van der Waals surface area contributed by atoms with Crippen LogP contribution in [0.25, 0.3) is 0 Å². The fraction of sp³-hybridized carbons (Fsp3) is 0.400. The summed E-state index contributed by atoms with van der Waals surface area (Å²) in [5, 5.41) is -0.655. The number of ketones is 3. The summed E-state index contributed by atoms with van der Waals surface area (Å²) in [4.78, 5) is 35.2. The van der Waals surface area contributed by atoms with Crippen molar-refractivity contribution in [1.29, 1.82) is 0 Å². The SMILES string of the molecule is CCCC(=O)c1ccc(SC(C(C)=O)C(C)=O)cc1. The van der Waals surface area contributed by atoms with E-state index < -0.39 is 5.25 Å². The van der Waals surface area contributed by atoms with Gasteiger partial charge in [0.25, 0.3) is 0 Å². The molecule has 0 unspecified atom stereocenters. The third kappa shape index (κ3) is 4.63. The summed E-state index contributed by atoms with van der Waals surface area (Å²) in [5.74, 6) is -0.180. The van der Waals surface area contributed by atoms with Crippen LogP contribution in [0.5, 0.6) is 0 Å². The fourth-order valence-electron chi connectivity index (χ4n) is 1.68. The Morgan fingerprint density at radius 2 is 1.58 bits per heavy atom. The molecule has 1 aromatic rings. The summed E-state index contributed by atoms with van der Waals surface area (Å²) in [6.45, 7) is 4.79. The van der Waals surface area contributed by atoms with Crippen molar-refractivity contribution in [2.75, 3.05) is 0 Å². The molecule has 0 aromatic heterocycles. The number of carbonyl (C=O) groups excluding carboxylic acids is 3. The van der Waals surface area contributed by atoms with Crippen molar-refractivity contribution in [3.63, 3.8) is 0 Å². The molecule has 0 aliphatic carbocycles.